The molecule has 2 aromatic rings. The van der Waals surface area contributed by atoms with E-state index in [1.807, 2.05) is 37.3 Å². The van der Waals surface area contributed by atoms with E-state index in [0.29, 0.717) is 25.2 Å². The van der Waals surface area contributed by atoms with Crippen molar-refractivity contribution >= 4 is 5.91 Å². The number of nitrogens with zero attached hydrogens (tertiary/aromatic N) is 2. The minimum Gasteiger partial charge on any atom is -0.333 e. The standard InChI is InChI=1S/C14H18N4O/c1-11-13(9-16-17-11)14(19)18(8-7-15)10-12-5-3-2-4-6-12/h2-6,9H,7-8,10,15H2,1H3,(H,16,17). The summed E-state index contributed by atoms with van der Waals surface area (Å²) in [6.45, 7) is 3.36. The number of carbonyl (C=O) groups excluding carboxylic acids is 1. The van der Waals surface area contributed by atoms with Gasteiger partial charge in [0.15, 0.2) is 0 Å². The highest BCUT2D eigenvalue weighted by Gasteiger charge is 2.18. The topological polar surface area (TPSA) is 75.0 Å². The Bertz CT molecular complexity index is 535. The Balaban J connectivity index is 2.16. The molecular weight excluding hydrogens is 240 g/mol. The largest absolute Gasteiger partial charge is 0.333 e. The zero-order valence-corrected chi connectivity index (χ0v) is 11.0. The van der Waals surface area contributed by atoms with Gasteiger partial charge in [-0.15, -0.1) is 0 Å². The number of H-pyrrole nitrogens is 1. The van der Waals surface area contributed by atoms with Gasteiger partial charge in [0, 0.05) is 25.3 Å². The first-order valence-corrected chi connectivity index (χ1v) is 6.25. The van der Waals surface area contributed by atoms with Crippen LogP contribution in [0.25, 0.3) is 0 Å². The van der Waals surface area contributed by atoms with Gasteiger partial charge in [-0.3, -0.25) is 9.89 Å². The molecule has 0 atom stereocenters. The molecular formula is C14H18N4O. The van der Waals surface area contributed by atoms with Gasteiger partial charge >= 0.3 is 0 Å². The van der Waals surface area contributed by atoms with Crippen LogP contribution in [0.2, 0.25) is 0 Å². The van der Waals surface area contributed by atoms with Crippen LogP contribution in [0.4, 0.5) is 0 Å². The number of nitrogens with one attached hydrogen (secondary N) is 1. The van der Waals surface area contributed by atoms with Gasteiger partial charge in [-0.25, -0.2) is 0 Å². The molecule has 3 N–H and O–H groups in total. The number of amides is 1. The van der Waals surface area contributed by atoms with Gasteiger partial charge in [0.05, 0.1) is 11.8 Å². The van der Waals surface area contributed by atoms with Crippen LogP contribution in [-0.2, 0) is 6.54 Å². The SMILES string of the molecule is Cc1[nH]ncc1C(=O)N(CCN)Cc1ccccc1. The summed E-state index contributed by atoms with van der Waals surface area (Å²) in [5.41, 5.74) is 8.06. The highest BCUT2D eigenvalue weighted by molar-refractivity contribution is 5.95. The normalized spacial score (nSPS) is 10.4. The Kier molecular flexibility index (Phi) is 4.30. The number of carbonyl (C=O) groups is 1. The summed E-state index contributed by atoms with van der Waals surface area (Å²) in [4.78, 5) is 14.2. The second kappa shape index (κ2) is 6.15. The summed E-state index contributed by atoms with van der Waals surface area (Å²) in [5, 5.41) is 6.67. The van der Waals surface area contributed by atoms with Gasteiger partial charge in [-0.05, 0) is 12.5 Å². The van der Waals surface area contributed by atoms with Crippen LogP contribution in [0, 0.1) is 6.92 Å². The number of hydrogen-bond acceptors (Lipinski definition) is 3. The van der Waals surface area contributed by atoms with E-state index >= 15 is 0 Å². The zero-order valence-electron chi connectivity index (χ0n) is 11.0. The molecule has 0 spiro atoms. The van der Waals surface area contributed by atoms with E-state index in [9.17, 15) is 4.79 Å². The number of aromatic amines is 1. The molecule has 1 aromatic carbocycles. The maximum absolute atomic E-state index is 12.4. The van der Waals surface area contributed by atoms with Crippen LogP contribution in [0.5, 0.6) is 0 Å². The first-order valence-electron chi connectivity index (χ1n) is 6.25. The van der Waals surface area contributed by atoms with E-state index < -0.39 is 0 Å². The van der Waals surface area contributed by atoms with Crippen LogP contribution < -0.4 is 5.73 Å². The van der Waals surface area contributed by atoms with E-state index in [4.69, 9.17) is 5.73 Å². The average molecular weight is 258 g/mol. The van der Waals surface area contributed by atoms with E-state index in [2.05, 4.69) is 10.2 Å². The van der Waals surface area contributed by atoms with E-state index in [1.54, 1.807) is 11.1 Å². The Morgan fingerprint density at radius 3 is 2.68 bits per heavy atom. The monoisotopic (exact) mass is 258 g/mol. The van der Waals surface area contributed by atoms with E-state index in [-0.39, 0.29) is 5.91 Å². The molecule has 0 aliphatic heterocycles. The van der Waals surface area contributed by atoms with Gasteiger partial charge in [0.1, 0.15) is 0 Å². The Labute approximate surface area is 112 Å². The third-order valence-corrected chi connectivity index (χ3v) is 2.96. The number of aryl methyl sites for hydroxylation is 1. The Morgan fingerprint density at radius 1 is 1.37 bits per heavy atom. The second-order valence-corrected chi connectivity index (χ2v) is 4.41. The van der Waals surface area contributed by atoms with Crippen molar-refractivity contribution in [2.75, 3.05) is 13.1 Å². The molecule has 0 radical (unpaired) electrons. The van der Waals surface area contributed by atoms with Crippen molar-refractivity contribution in [1.82, 2.24) is 15.1 Å². The Hall–Kier alpha value is -2.14. The molecule has 100 valence electrons. The molecule has 2 rings (SSSR count). The lowest BCUT2D eigenvalue weighted by atomic mass is 10.2. The fraction of sp³-hybridized carbons (Fsp3) is 0.286. The van der Waals surface area contributed by atoms with Gasteiger partial charge in [0.2, 0.25) is 0 Å². The molecule has 0 bridgehead atoms. The van der Waals surface area contributed by atoms with Crippen molar-refractivity contribution in [2.24, 2.45) is 5.73 Å². The highest BCUT2D eigenvalue weighted by Crippen LogP contribution is 2.11. The molecule has 0 saturated carbocycles. The van der Waals surface area contributed by atoms with Crippen LogP contribution in [0.15, 0.2) is 36.5 Å². The quantitative estimate of drug-likeness (QED) is 0.849. The summed E-state index contributed by atoms with van der Waals surface area (Å²) >= 11 is 0. The molecule has 0 saturated heterocycles. The number of rotatable bonds is 5. The number of nitrogens with two attached hydrogens (primary N) is 1. The fourth-order valence-electron chi connectivity index (χ4n) is 1.95. The minimum atomic E-state index is -0.0412. The summed E-state index contributed by atoms with van der Waals surface area (Å²) in [7, 11) is 0. The van der Waals surface area contributed by atoms with Crippen LogP contribution >= 0.6 is 0 Å². The van der Waals surface area contributed by atoms with Crippen molar-refractivity contribution in [3.8, 4) is 0 Å². The molecule has 5 heteroatoms. The lowest BCUT2D eigenvalue weighted by Crippen LogP contribution is -2.35. The molecule has 1 aromatic heterocycles. The first kappa shape index (κ1) is 13.3. The van der Waals surface area contributed by atoms with Crippen LogP contribution in [0.1, 0.15) is 21.6 Å². The second-order valence-electron chi connectivity index (χ2n) is 4.41. The van der Waals surface area contributed by atoms with Crippen LogP contribution in [-0.4, -0.2) is 34.1 Å². The molecule has 5 nitrogen and oxygen atoms in total. The van der Waals surface area contributed by atoms with Crippen molar-refractivity contribution in [2.45, 2.75) is 13.5 Å². The predicted octanol–water partition coefficient (Wildman–Crippen LogP) is 1.32. The van der Waals surface area contributed by atoms with Gasteiger partial charge < -0.3 is 10.6 Å². The molecule has 0 fully saturated rings. The van der Waals surface area contributed by atoms with E-state index in [0.717, 1.165) is 11.3 Å². The summed E-state index contributed by atoms with van der Waals surface area (Å²) in [5.74, 6) is -0.0412. The molecule has 1 amide bonds. The summed E-state index contributed by atoms with van der Waals surface area (Å²) < 4.78 is 0. The number of benzene rings is 1. The average Bonchev–Trinajstić information content (AvgIpc) is 2.85. The zero-order chi connectivity index (χ0) is 13.7. The molecule has 0 aliphatic rings. The van der Waals surface area contributed by atoms with Crippen LogP contribution in [0.3, 0.4) is 0 Å². The summed E-state index contributed by atoms with van der Waals surface area (Å²) in [6.07, 6.45) is 1.56. The van der Waals surface area contributed by atoms with Crippen molar-refractivity contribution in [3.63, 3.8) is 0 Å². The van der Waals surface area contributed by atoms with Crippen molar-refractivity contribution in [3.05, 3.63) is 53.3 Å². The van der Waals surface area contributed by atoms with Crippen molar-refractivity contribution < 1.29 is 4.79 Å². The molecule has 0 unspecified atom stereocenters. The Morgan fingerprint density at radius 2 is 2.11 bits per heavy atom. The number of hydrogen-bond donors (Lipinski definition) is 2. The lowest BCUT2D eigenvalue weighted by Gasteiger charge is -2.22. The van der Waals surface area contributed by atoms with Crippen molar-refractivity contribution in [1.29, 1.82) is 0 Å². The van der Waals surface area contributed by atoms with E-state index in [1.165, 1.54) is 0 Å². The maximum atomic E-state index is 12.4. The third kappa shape index (κ3) is 3.20. The van der Waals surface area contributed by atoms with Gasteiger partial charge in [-0.1, -0.05) is 30.3 Å². The smallest absolute Gasteiger partial charge is 0.257 e. The van der Waals surface area contributed by atoms with Gasteiger partial charge in [-0.2, -0.15) is 5.10 Å². The highest BCUT2D eigenvalue weighted by atomic mass is 16.2. The molecule has 1 heterocycles. The molecule has 0 aliphatic carbocycles. The fourth-order valence-corrected chi connectivity index (χ4v) is 1.95. The third-order valence-electron chi connectivity index (χ3n) is 2.96. The predicted molar refractivity (Wildman–Crippen MR) is 73.6 cm³/mol. The van der Waals surface area contributed by atoms with Gasteiger partial charge in [0.25, 0.3) is 5.91 Å². The number of aromatic nitrogens is 2. The molecule has 19 heavy (non-hydrogen) atoms. The minimum absolute atomic E-state index is 0.0412. The summed E-state index contributed by atoms with van der Waals surface area (Å²) in [6, 6.07) is 9.88. The maximum Gasteiger partial charge on any atom is 0.257 e. The first-order chi connectivity index (χ1) is 9.22. The lowest BCUT2D eigenvalue weighted by molar-refractivity contribution is 0.0747.